The minimum atomic E-state index is 0.0404. The molecule has 2 nitrogen and oxygen atoms in total. The average Bonchev–Trinajstić information content (AvgIpc) is 3.48. The van der Waals surface area contributed by atoms with Crippen molar-refractivity contribution in [3.63, 3.8) is 0 Å². The van der Waals surface area contributed by atoms with Gasteiger partial charge in [0.25, 0.3) is 0 Å². The molecule has 2 heteroatoms. The van der Waals surface area contributed by atoms with Crippen LogP contribution < -0.4 is 0 Å². The summed E-state index contributed by atoms with van der Waals surface area (Å²) in [6.07, 6.45) is 0. The summed E-state index contributed by atoms with van der Waals surface area (Å²) in [7, 11) is 0. The largest absolute Gasteiger partial charge is 0.455 e. The zero-order chi connectivity index (χ0) is 22.5. The van der Waals surface area contributed by atoms with Gasteiger partial charge < -0.3 is 4.42 Å². The van der Waals surface area contributed by atoms with Gasteiger partial charge in [0.05, 0.1) is 17.3 Å². The molecular formula is C32H21NO. The third kappa shape index (κ3) is 2.93. The molecule has 0 amide bonds. The zero-order valence-electron chi connectivity index (χ0n) is 18.5. The van der Waals surface area contributed by atoms with Crippen molar-refractivity contribution in [3.8, 4) is 11.1 Å². The van der Waals surface area contributed by atoms with E-state index in [0.717, 1.165) is 38.9 Å². The van der Waals surface area contributed by atoms with Crippen LogP contribution in [0.2, 0.25) is 0 Å². The van der Waals surface area contributed by atoms with Gasteiger partial charge in [-0.2, -0.15) is 0 Å². The Hall–Kier alpha value is -4.43. The van der Waals surface area contributed by atoms with Gasteiger partial charge in [-0.15, -0.1) is 0 Å². The first-order valence-electron chi connectivity index (χ1n) is 11.6. The molecule has 0 aliphatic carbocycles. The van der Waals surface area contributed by atoms with Crippen molar-refractivity contribution in [2.75, 3.05) is 0 Å². The smallest absolute Gasteiger partial charge is 0.144 e. The highest BCUT2D eigenvalue weighted by molar-refractivity contribution is 6.20. The number of rotatable bonds is 3. The van der Waals surface area contributed by atoms with Crippen molar-refractivity contribution in [1.29, 1.82) is 0 Å². The molecule has 1 unspecified atom stereocenters. The van der Waals surface area contributed by atoms with Crippen LogP contribution in [0.25, 0.3) is 33.1 Å². The van der Waals surface area contributed by atoms with Crippen LogP contribution in [0, 0.1) is 0 Å². The number of aliphatic imine (C=N–C) groups is 1. The van der Waals surface area contributed by atoms with Crippen molar-refractivity contribution in [3.05, 3.63) is 138 Å². The van der Waals surface area contributed by atoms with Crippen LogP contribution >= 0.6 is 0 Å². The first-order valence-corrected chi connectivity index (χ1v) is 11.6. The Kier molecular flexibility index (Phi) is 4.25. The van der Waals surface area contributed by atoms with Crippen molar-refractivity contribution in [2.45, 2.75) is 5.92 Å². The van der Waals surface area contributed by atoms with E-state index in [1.165, 1.54) is 22.3 Å². The Morgan fingerprint density at radius 2 is 1.32 bits per heavy atom. The molecule has 2 heterocycles. The van der Waals surface area contributed by atoms with Crippen molar-refractivity contribution in [2.24, 2.45) is 4.99 Å². The summed E-state index contributed by atoms with van der Waals surface area (Å²) in [6.45, 7) is 0. The van der Waals surface area contributed by atoms with Crippen LogP contribution in [0.15, 0.2) is 131 Å². The lowest BCUT2D eigenvalue weighted by molar-refractivity contribution is 0.668. The highest BCUT2D eigenvalue weighted by Crippen LogP contribution is 2.44. The lowest BCUT2D eigenvalue weighted by atomic mass is 9.84. The number of fused-ring (bicyclic) bond motifs is 4. The van der Waals surface area contributed by atoms with Gasteiger partial charge in [-0.1, -0.05) is 103 Å². The maximum absolute atomic E-state index is 6.39. The molecular weight excluding hydrogens is 414 g/mol. The predicted octanol–water partition coefficient (Wildman–Crippen LogP) is 8.52. The van der Waals surface area contributed by atoms with Gasteiger partial charge in [0.1, 0.15) is 11.2 Å². The quantitative estimate of drug-likeness (QED) is 0.273. The van der Waals surface area contributed by atoms with Crippen LogP contribution in [-0.4, -0.2) is 5.71 Å². The molecule has 1 aliphatic heterocycles. The lowest BCUT2D eigenvalue weighted by Crippen LogP contribution is -2.12. The summed E-state index contributed by atoms with van der Waals surface area (Å²) in [5.41, 5.74) is 9.83. The Bertz CT molecular complexity index is 1710. The summed E-state index contributed by atoms with van der Waals surface area (Å²) >= 11 is 0. The molecule has 7 rings (SSSR count). The summed E-state index contributed by atoms with van der Waals surface area (Å²) in [6, 6.07) is 42.5. The monoisotopic (exact) mass is 435 g/mol. The molecule has 34 heavy (non-hydrogen) atoms. The van der Waals surface area contributed by atoms with E-state index >= 15 is 0 Å². The normalized spacial score (nSPS) is 14.9. The predicted molar refractivity (Wildman–Crippen MR) is 140 cm³/mol. The number of furan rings is 1. The second-order valence-electron chi connectivity index (χ2n) is 8.76. The molecule has 6 aromatic rings. The van der Waals surface area contributed by atoms with E-state index in [1.54, 1.807) is 0 Å². The average molecular weight is 436 g/mol. The molecule has 1 aromatic heterocycles. The maximum Gasteiger partial charge on any atom is 0.144 e. The van der Waals surface area contributed by atoms with Gasteiger partial charge in [-0.25, -0.2) is 0 Å². The van der Waals surface area contributed by atoms with E-state index in [-0.39, 0.29) is 5.92 Å². The van der Waals surface area contributed by atoms with Gasteiger partial charge >= 0.3 is 0 Å². The van der Waals surface area contributed by atoms with Crippen LogP contribution in [0.1, 0.15) is 22.6 Å². The van der Waals surface area contributed by atoms with Crippen LogP contribution in [0.4, 0.5) is 5.69 Å². The highest BCUT2D eigenvalue weighted by atomic mass is 16.3. The number of hydrogen-bond donors (Lipinski definition) is 0. The molecule has 0 N–H and O–H groups in total. The molecule has 0 bridgehead atoms. The maximum atomic E-state index is 6.39. The standard InChI is InChI=1S/C32H21NO/c1-2-10-21(11-3-1)22-12-8-13-23(20-22)30-26-15-4-6-18-28(26)33-31(30)27-17-9-16-25-24-14-5-7-19-29(24)34-32(25)27/h1-20,30H. The topological polar surface area (TPSA) is 25.5 Å². The Labute approximate surface area is 197 Å². The number of benzene rings is 5. The van der Waals surface area contributed by atoms with Crippen molar-refractivity contribution >= 4 is 33.3 Å². The zero-order valence-corrected chi connectivity index (χ0v) is 18.5. The summed E-state index contributed by atoms with van der Waals surface area (Å²) in [4.78, 5) is 5.16. The molecule has 0 saturated carbocycles. The lowest BCUT2D eigenvalue weighted by Gasteiger charge is -2.17. The SMILES string of the molecule is c1ccc(-c2cccc(C3C(c4cccc5c4oc4ccccc45)=Nc4ccccc43)c2)cc1. The van der Waals surface area contributed by atoms with Gasteiger partial charge in [-0.3, -0.25) is 4.99 Å². The Morgan fingerprint density at radius 1 is 0.588 bits per heavy atom. The third-order valence-corrected chi connectivity index (χ3v) is 6.77. The highest BCUT2D eigenvalue weighted by Gasteiger charge is 2.31. The molecule has 0 saturated heterocycles. The summed E-state index contributed by atoms with van der Waals surface area (Å²) < 4.78 is 6.39. The Morgan fingerprint density at radius 3 is 2.26 bits per heavy atom. The second-order valence-corrected chi connectivity index (χ2v) is 8.76. The van der Waals surface area contributed by atoms with Crippen molar-refractivity contribution in [1.82, 2.24) is 0 Å². The van der Waals surface area contributed by atoms with E-state index in [1.807, 2.05) is 12.1 Å². The minimum Gasteiger partial charge on any atom is -0.455 e. The number of para-hydroxylation sites is 3. The molecule has 1 aliphatic rings. The molecule has 160 valence electrons. The fourth-order valence-corrected chi connectivity index (χ4v) is 5.21. The third-order valence-electron chi connectivity index (χ3n) is 6.77. The van der Waals surface area contributed by atoms with Crippen LogP contribution in [0.5, 0.6) is 0 Å². The molecule has 0 spiro atoms. The van der Waals surface area contributed by atoms with Gasteiger partial charge in [0, 0.05) is 16.3 Å². The second kappa shape index (κ2) is 7.57. The molecule has 0 fully saturated rings. The van der Waals surface area contributed by atoms with E-state index in [0.29, 0.717) is 0 Å². The van der Waals surface area contributed by atoms with Gasteiger partial charge in [0.2, 0.25) is 0 Å². The fraction of sp³-hybridized carbons (Fsp3) is 0.0312. The van der Waals surface area contributed by atoms with Crippen LogP contribution in [-0.2, 0) is 0 Å². The Balaban J connectivity index is 1.44. The molecule has 5 aromatic carbocycles. The molecule has 1 atom stereocenters. The van der Waals surface area contributed by atoms with E-state index < -0.39 is 0 Å². The van der Waals surface area contributed by atoms with Crippen molar-refractivity contribution < 1.29 is 4.42 Å². The summed E-state index contributed by atoms with van der Waals surface area (Å²) in [5.74, 6) is 0.0404. The van der Waals surface area contributed by atoms with Crippen LogP contribution in [0.3, 0.4) is 0 Å². The van der Waals surface area contributed by atoms with E-state index in [9.17, 15) is 0 Å². The van der Waals surface area contributed by atoms with Gasteiger partial charge in [-0.05, 0) is 40.5 Å². The first-order chi connectivity index (χ1) is 16.9. The summed E-state index contributed by atoms with van der Waals surface area (Å²) in [5, 5.41) is 2.27. The molecule has 0 radical (unpaired) electrons. The fourth-order valence-electron chi connectivity index (χ4n) is 5.21. The van der Waals surface area contributed by atoms with E-state index in [2.05, 4.69) is 109 Å². The first kappa shape index (κ1) is 19.1. The minimum absolute atomic E-state index is 0.0404. The van der Waals surface area contributed by atoms with E-state index in [4.69, 9.17) is 9.41 Å². The number of nitrogens with zero attached hydrogens (tertiary/aromatic N) is 1. The number of hydrogen-bond acceptors (Lipinski definition) is 2. The van der Waals surface area contributed by atoms with Gasteiger partial charge in [0.15, 0.2) is 0 Å².